The van der Waals surface area contributed by atoms with Gasteiger partial charge in [-0.25, -0.2) is 0 Å². The Bertz CT molecular complexity index is 384. The third kappa shape index (κ3) is 3.48. The van der Waals surface area contributed by atoms with Crippen LogP contribution in [0.3, 0.4) is 0 Å². The van der Waals surface area contributed by atoms with Crippen molar-refractivity contribution in [2.45, 2.75) is 33.6 Å². The van der Waals surface area contributed by atoms with E-state index in [-0.39, 0.29) is 11.8 Å². The first-order chi connectivity index (χ1) is 8.12. The highest BCUT2D eigenvalue weighted by atomic mass is 16.5. The Kier molecular flexibility index (Phi) is 5.01. The maximum Gasteiger partial charge on any atom is 0.227 e. The smallest absolute Gasteiger partial charge is 0.227 e. The van der Waals surface area contributed by atoms with Crippen LogP contribution in [-0.4, -0.2) is 13.0 Å². The minimum Gasteiger partial charge on any atom is -0.495 e. The maximum absolute atomic E-state index is 12.0. The third-order valence-electron chi connectivity index (χ3n) is 2.97. The summed E-state index contributed by atoms with van der Waals surface area (Å²) >= 11 is 0. The average molecular weight is 235 g/mol. The molecule has 0 aliphatic carbocycles. The van der Waals surface area contributed by atoms with Gasteiger partial charge in [-0.2, -0.15) is 0 Å². The van der Waals surface area contributed by atoms with Crippen molar-refractivity contribution in [2.24, 2.45) is 5.92 Å². The highest BCUT2D eigenvalue weighted by molar-refractivity contribution is 5.93. The molecule has 0 saturated heterocycles. The van der Waals surface area contributed by atoms with E-state index in [0.29, 0.717) is 5.75 Å². The molecule has 0 saturated carbocycles. The first kappa shape index (κ1) is 13.6. The number of rotatable bonds is 5. The number of anilines is 1. The van der Waals surface area contributed by atoms with Crippen molar-refractivity contribution >= 4 is 11.6 Å². The number of amides is 1. The van der Waals surface area contributed by atoms with Crippen molar-refractivity contribution < 1.29 is 9.53 Å². The molecule has 17 heavy (non-hydrogen) atoms. The van der Waals surface area contributed by atoms with Gasteiger partial charge < -0.3 is 10.1 Å². The molecule has 1 aromatic rings. The van der Waals surface area contributed by atoms with Crippen molar-refractivity contribution in [3.63, 3.8) is 0 Å². The lowest BCUT2D eigenvalue weighted by Gasteiger charge is -2.15. The Labute approximate surface area is 103 Å². The summed E-state index contributed by atoms with van der Waals surface area (Å²) in [4.78, 5) is 12.0. The third-order valence-corrected chi connectivity index (χ3v) is 2.97. The average Bonchev–Trinajstić information content (AvgIpc) is 2.33. The lowest BCUT2D eigenvalue weighted by molar-refractivity contribution is -0.120. The van der Waals surface area contributed by atoms with E-state index in [4.69, 9.17) is 4.74 Å². The lowest BCUT2D eigenvalue weighted by atomic mass is 10.0. The Morgan fingerprint density at radius 1 is 1.35 bits per heavy atom. The van der Waals surface area contributed by atoms with E-state index in [0.717, 1.165) is 24.1 Å². The van der Waals surface area contributed by atoms with E-state index in [1.807, 2.05) is 39.0 Å². The number of methoxy groups -OCH3 is 1. The molecule has 3 heteroatoms. The first-order valence-corrected chi connectivity index (χ1v) is 6.07. The van der Waals surface area contributed by atoms with Crippen LogP contribution >= 0.6 is 0 Å². The van der Waals surface area contributed by atoms with Crippen LogP contribution in [0.15, 0.2) is 18.2 Å². The summed E-state index contributed by atoms with van der Waals surface area (Å²) in [5.41, 5.74) is 1.86. The Hall–Kier alpha value is -1.51. The minimum absolute atomic E-state index is 0.0668. The monoisotopic (exact) mass is 235 g/mol. The second-order valence-electron chi connectivity index (χ2n) is 4.21. The summed E-state index contributed by atoms with van der Waals surface area (Å²) in [6.07, 6.45) is 1.72. The van der Waals surface area contributed by atoms with Crippen LogP contribution in [0.25, 0.3) is 0 Å². The minimum atomic E-state index is 0.0668. The second-order valence-corrected chi connectivity index (χ2v) is 4.21. The molecule has 1 amide bonds. The summed E-state index contributed by atoms with van der Waals surface area (Å²) in [5, 5.41) is 2.93. The molecule has 0 bridgehead atoms. The summed E-state index contributed by atoms with van der Waals surface area (Å²) in [6, 6.07) is 5.77. The van der Waals surface area contributed by atoms with Gasteiger partial charge in [0.2, 0.25) is 5.91 Å². The van der Waals surface area contributed by atoms with Crippen LogP contribution in [0.1, 0.15) is 32.3 Å². The lowest BCUT2D eigenvalue weighted by Crippen LogP contribution is -2.21. The fraction of sp³-hybridized carbons (Fsp3) is 0.500. The van der Waals surface area contributed by atoms with Crippen molar-refractivity contribution in [1.29, 1.82) is 0 Å². The molecule has 0 atom stereocenters. The number of aryl methyl sites for hydroxylation is 1. The van der Waals surface area contributed by atoms with Gasteiger partial charge in [0.25, 0.3) is 0 Å². The van der Waals surface area contributed by atoms with Crippen LogP contribution in [-0.2, 0) is 4.79 Å². The van der Waals surface area contributed by atoms with E-state index in [9.17, 15) is 4.79 Å². The molecule has 0 heterocycles. The molecule has 0 aromatic heterocycles. The van der Waals surface area contributed by atoms with Crippen molar-refractivity contribution in [3.05, 3.63) is 23.8 Å². The fourth-order valence-electron chi connectivity index (χ4n) is 1.80. The standard InChI is InChI=1S/C14H21NO2/c1-5-11(6-2)14(16)15-12-8-7-10(3)9-13(12)17-4/h7-9,11H,5-6H2,1-4H3,(H,15,16). The molecule has 0 radical (unpaired) electrons. The van der Waals surface area contributed by atoms with Gasteiger partial charge in [-0.05, 0) is 37.5 Å². The predicted molar refractivity (Wildman–Crippen MR) is 70.4 cm³/mol. The van der Waals surface area contributed by atoms with Crippen LogP contribution in [0.2, 0.25) is 0 Å². The number of hydrogen-bond donors (Lipinski definition) is 1. The maximum atomic E-state index is 12.0. The van der Waals surface area contributed by atoms with Gasteiger partial charge in [-0.3, -0.25) is 4.79 Å². The number of ether oxygens (including phenoxy) is 1. The van der Waals surface area contributed by atoms with E-state index < -0.39 is 0 Å². The number of carbonyl (C=O) groups excluding carboxylic acids is 1. The van der Waals surface area contributed by atoms with Crippen LogP contribution in [0.5, 0.6) is 5.75 Å². The van der Waals surface area contributed by atoms with Gasteiger partial charge in [0.05, 0.1) is 12.8 Å². The largest absolute Gasteiger partial charge is 0.495 e. The van der Waals surface area contributed by atoms with Gasteiger partial charge in [-0.1, -0.05) is 19.9 Å². The first-order valence-electron chi connectivity index (χ1n) is 6.07. The molecule has 0 aliphatic rings. The summed E-state index contributed by atoms with van der Waals surface area (Å²) in [6.45, 7) is 6.05. The van der Waals surface area contributed by atoms with Crippen LogP contribution in [0.4, 0.5) is 5.69 Å². The summed E-state index contributed by atoms with van der Waals surface area (Å²) in [5.74, 6) is 0.850. The highest BCUT2D eigenvalue weighted by Gasteiger charge is 2.15. The Balaban J connectivity index is 2.84. The Morgan fingerprint density at radius 3 is 2.53 bits per heavy atom. The molecule has 0 aliphatic heterocycles. The molecule has 1 aromatic carbocycles. The van der Waals surface area contributed by atoms with Gasteiger partial charge >= 0.3 is 0 Å². The SMILES string of the molecule is CCC(CC)C(=O)Nc1ccc(C)cc1OC. The molecule has 94 valence electrons. The number of nitrogens with one attached hydrogen (secondary N) is 1. The molecular formula is C14H21NO2. The fourth-order valence-corrected chi connectivity index (χ4v) is 1.80. The van der Waals surface area contributed by atoms with Gasteiger partial charge in [0, 0.05) is 5.92 Å². The van der Waals surface area contributed by atoms with Gasteiger partial charge in [0.15, 0.2) is 0 Å². The number of hydrogen-bond acceptors (Lipinski definition) is 2. The molecule has 0 fully saturated rings. The molecule has 0 spiro atoms. The van der Waals surface area contributed by atoms with E-state index in [1.54, 1.807) is 7.11 Å². The normalized spacial score (nSPS) is 10.4. The number of benzene rings is 1. The molecule has 3 nitrogen and oxygen atoms in total. The number of carbonyl (C=O) groups is 1. The molecule has 0 unspecified atom stereocenters. The van der Waals surface area contributed by atoms with Crippen molar-refractivity contribution in [1.82, 2.24) is 0 Å². The Morgan fingerprint density at radius 2 is 2.00 bits per heavy atom. The summed E-state index contributed by atoms with van der Waals surface area (Å²) in [7, 11) is 1.61. The topological polar surface area (TPSA) is 38.3 Å². The van der Waals surface area contributed by atoms with Crippen molar-refractivity contribution in [3.8, 4) is 5.75 Å². The predicted octanol–water partition coefficient (Wildman–Crippen LogP) is 3.38. The van der Waals surface area contributed by atoms with E-state index >= 15 is 0 Å². The molecule has 1 N–H and O–H groups in total. The highest BCUT2D eigenvalue weighted by Crippen LogP contribution is 2.26. The van der Waals surface area contributed by atoms with E-state index in [1.165, 1.54) is 0 Å². The summed E-state index contributed by atoms with van der Waals surface area (Å²) < 4.78 is 5.26. The second kappa shape index (κ2) is 6.28. The molecule has 1 rings (SSSR count). The van der Waals surface area contributed by atoms with Gasteiger partial charge in [-0.15, -0.1) is 0 Å². The van der Waals surface area contributed by atoms with Crippen LogP contribution < -0.4 is 10.1 Å². The quantitative estimate of drug-likeness (QED) is 0.849. The van der Waals surface area contributed by atoms with Gasteiger partial charge in [0.1, 0.15) is 5.75 Å². The molecular weight excluding hydrogens is 214 g/mol. The van der Waals surface area contributed by atoms with E-state index in [2.05, 4.69) is 5.32 Å². The zero-order valence-electron chi connectivity index (χ0n) is 11.0. The zero-order valence-corrected chi connectivity index (χ0v) is 11.0. The van der Waals surface area contributed by atoms with Crippen LogP contribution in [0, 0.1) is 12.8 Å². The zero-order chi connectivity index (χ0) is 12.8. The van der Waals surface area contributed by atoms with Crippen molar-refractivity contribution in [2.75, 3.05) is 12.4 Å².